The number of carbonyl (C=O) groups is 1. The molecule has 0 radical (unpaired) electrons. The molecule has 29 heavy (non-hydrogen) atoms. The van der Waals surface area contributed by atoms with Crippen molar-refractivity contribution in [3.63, 3.8) is 0 Å². The smallest absolute Gasteiger partial charge is 0.251 e. The van der Waals surface area contributed by atoms with Gasteiger partial charge < -0.3 is 14.6 Å². The van der Waals surface area contributed by atoms with E-state index in [1.807, 2.05) is 7.05 Å². The van der Waals surface area contributed by atoms with Gasteiger partial charge in [-0.25, -0.2) is 8.78 Å². The van der Waals surface area contributed by atoms with Gasteiger partial charge in [0.15, 0.2) is 11.0 Å². The molecule has 6 nitrogen and oxygen atoms in total. The van der Waals surface area contributed by atoms with Crippen LogP contribution in [-0.2, 0) is 7.05 Å². The van der Waals surface area contributed by atoms with Gasteiger partial charge in [-0.3, -0.25) is 4.79 Å². The van der Waals surface area contributed by atoms with Crippen molar-refractivity contribution in [3.8, 4) is 5.75 Å². The third-order valence-electron chi connectivity index (χ3n) is 4.11. The van der Waals surface area contributed by atoms with Gasteiger partial charge in [0.05, 0.1) is 12.6 Å². The zero-order valence-corrected chi connectivity index (χ0v) is 16.7. The zero-order chi connectivity index (χ0) is 20.8. The predicted octanol–water partition coefficient (Wildman–Crippen LogP) is 3.76. The van der Waals surface area contributed by atoms with Crippen LogP contribution in [0.5, 0.6) is 5.75 Å². The van der Waals surface area contributed by atoms with Gasteiger partial charge in [-0.2, -0.15) is 0 Å². The largest absolute Gasteiger partial charge is 0.493 e. The van der Waals surface area contributed by atoms with Crippen LogP contribution < -0.4 is 10.1 Å². The van der Waals surface area contributed by atoms with E-state index < -0.39 is 5.82 Å². The lowest BCUT2D eigenvalue weighted by molar-refractivity contribution is 0.0937. The topological polar surface area (TPSA) is 69.0 Å². The van der Waals surface area contributed by atoms with Crippen molar-refractivity contribution < 1.29 is 18.3 Å². The quantitative estimate of drug-likeness (QED) is 0.446. The fourth-order valence-electron chi connectivity index (χ4n) is 2.60. The lowest BCUT2D eigenvalue weighted by atomic mass is 10.2. The van der Waals surface area contributed by atoms with E-state index in [-0.39, 0.29) is 17.8 Å². The summed E-state index contributed by atoms with van der Waals surface area (Å²) in [5.41, 5.74) is 0.368. The highest BCUT2D eigenvalue weighted by Gasteiger charge is 2.18. The van der Waals surface area contributed by atoms with Crippen LogP contribution in [0, 0.1) is 11.6 Å². The molecular formula is C20H20F2N4O2S. The van der Waals surface area contributed by atoms with Crippen molar-refractivity contribution in [1.29, 1.82) is 0 Å². The molecule has 1 heterocycles. The highest BCUT2D eigenvalue weighted by Crippen LogP contribution is 2.20. The van der Waals surface area contributed by atoms with Crippen LogP contribution in [0.2, 0.25) is 0 Å². The lowest BCUT2D eigenvalue weighted by Gasteiger charge is -2.13. The molecule has 0 aliphatic heterocycles. The minimum atomic E-state index is -0.395. The van der Waals surface area contributed by atoms with E-state index in [9.17, 15) is 13.6 Å². The Labute approximate surface area is 171 Å². The van der Waals surface area contributed by atoms with Crippen molar-refractivity contribution >= 4 is 17.7 Å². The first-order chi connectivity index (χ1) is 13.9. The molecule has 1 amide bonds. The molecule has 0 saturated carbocycles. The van der Waals surface area contributed by atoms with Crippen LogP contribution in [0.25, 0.3) is 0 Å². The number of carbonyl (C=O) groups excluding carboxylic acids is 1. The molecule has 3 aromatic rings. The Morgan fingerprint density at radius 2 is 1.72 bits per heavy atom. The van der Waals surface area contributed by atoms with E-state index in [4.69, 9.17) is 4.74 Å². The number of amides is 1. The summed E-state index contributed by atoms with van der Waals surface area (Å²) in [6.45, 7) is 2.23. The molecule has 2 aromatic carbocycles. The number of halogens is 2. The van der Waals surface area contributed by atoms with Crippen LogP contribution in [0.1, 0.15) is 29.1 Å². The minimum Gasteiger partial charge on any atom is -0.493 e. The maximum absolute atomic E-state index is 13.0. The zero-order valence-electron chi connectivity index (χ0n) is 15.9. The molecular weight excluding hydrogens is 398 g/mol. The van der Waals surface area contributed by atoms with Gasteiger partial charge in [-0.05, 0) is 55.5 Å². The van der Waals surface area contributed by atoms with Crippen molar-refractivity contribution in [2.24, 2.45) is 7.05 Å². The third kappa shape index (κ3) is 5.54. The summed E-state index contributed by atoms with van der Waals surface area (Å²) >= 11 is 1.46. The maximum atomic E-state index is 13.0. The van der Waals surface area contributed by atoms with Crippen molar-refractivity contribution in [2.75, 3.05) is 12.4 Å². The second-order valence-electron chi connectivity index (χ2n) is 6.25. The summed E-state index contributed by atoms with van der Waals surface area (Å²) in [6, 6.07) is 10.8. The van der Waals surface area contributed by atoms with E-state index in [2.05, 4.69) is 15.5 Å². The number of hydrogen-bond acceptors (Lipinski definition) is 5. The highest BCUT2D eigenvalue weighted by atomic mass is 32.2. The van der Waals surface area contributed by atoms with Gasteiger partial charge in [0.2, 0.25) is 0 Å². The summed E-state index contributed by atoms with van der Waals surface area (Å²) in [5.74, 6) is 0.805. The number of nitrogens with one attached hydrogen (secondary N) is 1. The molecule has 0 bridgehead atoms. The molecule has 0 aliphatic rings. The molecule has 1 atom stereocenters. The molecule has 1 aromatic heterocycles. The molecule has 3 rings (SSSR count). The number of aromatic nitrogens is 3. The van der Waals surface area contributed by atoms with Gasteiger partial charge in [-0.1, -0.05) is 11.8 Å². The van der Waals surface area contributed by atoms with Gasteiger partial charge in [0.25, 0.3) is 5.91 Å². The average Bonchev–Trinajstić information content (AvgIpc) is 3.07. The maximum Gasteiger partial charge on any atom is 0.251 e. The first-order valence-electron chi connectivity index (χ1n) is 8.91. The summed E-state index contributed by atoms with van der Waals surface area (Å²) in [5, 5.41) is 11.8. The Morgan fingerprint density at radius 3 is 2.38 bits per heavy atom. The Bertz CT molecular complexity index is 962. The molecule has 0 spiro atoms. The van der Waals surface area contributed by atoms with E-state index in [1.165, 1.54) is 48.2 Å². The number of thioether (sulfide) groups is 1. The fourth-order valence-corrected chi connectivity index (χ4v) is 3.33. The monoisotopic (exact) mass is 418 g/mol. The fraction of sp³-hybridized carbons (Fsp3) is 0.250. The summed E-state index contributed by atoms with van der Waals surface area (Å²) < 4.78 is 33.2. The van der Waals surface area contributed by atoms with E-state index in [0.717, 1.165) is 0 Å². The third-order valence-corrected chi connectivity index (χ3v) is 5.09. The number of benzene rings is 2. The van der Waals surface area contributed by atoms with Gasteiger partial charge in [-0.15, -0.1) is 10.2 Å². The first kappa shape index (κ1) is 20.8. The molecule has 1 unspecified atom stereocenters. The van der Waals surface area contributed by atoms with Gasteiger partial charge in [0, 0.05) is 18.4 Å². The van der Waals surface area contributed by atoms with E-state index >= 15 is 0 Å². The standard InChI is InChI=1S/C20H20F2N4O2S/c1-13(23-19(27)14-3-5-15(21)6-4-14)18-24-25-20(26(18)2)29-12-11-28-17-9-7-16(22)8-10-17/h3-10,13H,11-12H2,1-2H3,(H,23,27). The highest BCUT2D eigenvalue weighted by molar-refractivity contribution is 7.99. The van der Waals surface area contributed by atoms with Gasteiger partial charge in [0.1, 0.15) is 17.4 Å². The van der Waals surface area contributed by atoms with Crippen molar-refractivity contribution in [3.05, 3.63) is 71.6 Å². The Morgan fingerprint density at radius 1 is 1.10 bits per heavy atom. The number of rotatable bonds is 8. The van der Waals surface area contributed by atoms with Crippen molar-refractivity contribution in [2.45, 2.75) is 18.1 Å². The number of nitrogens with zero attached hydrogens (tertiary/aromatic N) is 3. The van der Waals surface area contributed by atoms with Crippen LogP contribution in [0.3, 0.4) is 0 Å². The Balaban J connectivity index is 1.51. The second kappa shape index (κ2) is 9.51. The Hall–Kier alpha value is -2.94. The molecule has 0 aliphatic carbocycles. The van der Waals surface area contributed by atoms with Crippen LogP contribution in [0.4, 0.5) is 8.78 Å². The first-order valence-corrected chi connectivity index (χ1v) is 9.89. The predicted molar refractivity (Wildman–Crippen MR) is 106 cm³/mol. The van der Waals surface area contributed by atoms with Crippen LogP contribution >= 0.6 is 11.8 Å². The summed E-state index contributed by atoms with van der Waals surface area (Å²) in [6.07, 6.45) is 0. The normalized spacial score (nSPS) is 11.9. The van der Waals surface area contributed by atoms with E-state index in [1.54, 1.807) is 23.6 Å². The molecule has 9 heteroatoms. The van der Waals surface area contributed by atoms with Gasteiger partial charge >= 0.3 is 0 Å². The van der Waals surface area contributed by atoms with Crippen molar-refractivity contribution in [1.82, 2.24) is 20.1 Å². The molecule has 152 valence electrons. The number of hydrogen-bond donors (Lipinski definition) is 1. The molecule has 0 fully saturated rings. The lowest BCUT2D eigenvalue weighted by Crippen LogP contribution is -2.28. The van der Waals surface area contributed by atoms with Crippen LogP contribution in [-0.4, -0.2) is 33.0 Å². The number of ether oxygens (including phenoxy) is 1. The molecule has 0 saturated heterocycles. The molecule has 1 N–H and O–H groups in total. The Kier molecular flexibility index (Phi) is 6.82. The minimum absolute atomic E-state index is 0.307. The van der Waals surface area contributed by atoms with E-state index in [0.29, 0.717) is 34.7 Å². The average molecular weight is 418 g/mol. The SMILES string of the molecule is CC(NC(=O)c1ccc(F)cc1)c1nnc(SCCOc2ccc(F)cc2)n1C. The summed E-state index contributed by atoms with van der Waals surface area (Å²) in [4.78, 5) is 12.3. The summed E-state index contributed by atoms with van der Waals surface area (Å²) in [7, 11) is 1.82. The second-order valence-corrected chi connectivity index (χ2v) is 7.31. The van der Waals surface area contributed by atoms with Crippen LogP contribution in [0.15, 0.2) is 53.7 Å².